The van der Waals surface area contributed by atoms with Crippen molar-refractivity contribution in [2.75, 3.05) is 6.07 Å². The second-order valence-corrected chi connectivity index (χ2v) is 6.33. The number of rotatable bonds is 5. The van der Waals surface area contributed by atoms with E-state index in [0.717, 1.165) is 11.4 Å². The third kappa shape index (κ3) is 5.89. The number of amides is 1. The van der Waals surface area contributed by atoms with Crippen LogP contribution in [-0.2, 0) is 20.7 Å². The number of nitrogens with zero attached hydrogens (tertiary/aromatic N) is 1. The minimum absolute atomic E-state index is 0.296. The van der Waals surface area contributed by atoms with Crippen LogP contribution in [0.2, 0.25) is 0 Å². The average Bonchev–Trinajstić information content (AvgIpc) is 2.82. The van der Waals surface area contributed by atoms with Gasteiger partial charge in [0.05, 0.1) is 10.7 Å². The van der Waals surface area contributed by atoms with Crippen LogP contribution in [0.15, 0.2) is 5.38 Å². The summed E-state index contributed by atoms with van der Waals surface area (Å²) in [5, 5.41) is 5.03. The zero-order valence-corrected chi connectivity index (χ0v) is 14.0. The summed E-state index contributed by atoms with van der Waals surface area (Å²) >= 11 is 6.81. The highest BCUT2D eigenvalue weighted by Gasteiger charge is 2.29. The SMILES string of the molecule is CCc1nc(C(NC(=O)OC(C)(C)C)C(=O)OCCl)cs1. The molecule has 1 aromatic heterocycles. The number of esters is 1. The van der Waals surface area contributed by atoms with Crippen LogP contribution in [0.3, 0.4) is 0 Å². The lowest BCUT2D eigenvalue weighted by Gasteiger charge is -2.22. The Bertz CT molecular complexity index is 499. The number of carbonyl (C=O) groups excluding carboxylic acids is 2. The Morgan fingerprint density at radius 1 is 1.48 bits per heavy atom. The van der Waals surface area contributed by atoms with Gasteiger partial charge >= 0.3 is 12.1 Å². The van der Waals surface area contributed by atoms with E-state index < -0.39 is 23.7 Å². The molecule has 0 fully saturated rings. The van der Waals surface area contributed by atoms with Gasteiger partial charge in [0, 0.05) is 5.38 Å². The largest absolute Gasteiger partial charge is 0.448 e. The summed E-state index contributed by atoms with van der Waals surface area (Å²) in [6.45, 7) is 7.15. The Labute approximate surface area is 132 Å². The lowest BCUT2D eigenvalue weighted by atomic mass is 10.2. The molecule has 0 aliphatic rings. The van der Waals surface area contributed by atoms with Gasteiger partial charge in [-0.25, -0.2) is 14.6 Å². The van der Waals surface area contributed by atoms with Gasteiger partial charge in [0.25, 0.3) is 0 Å². The van der Waals surface area contributed by atoms with Gasteiger partial charge in [-0.2, -0.15) is 0 Å². The van der Waals surface area contributed by atoms with Gasteiger partial charge in [0.1, 0.15) is 5.60 Å². The molecule has 0 aromatic carbocycles. The molecule has 21 heavy (non-hydrogen) atoms. The van der Waals surface area contributed by atoms with Gasteiger partial charge in [-0.05, 0) is 27.2 Å². The number of alkyl halides is 1. The minimum atomic E-state index is -1.03. The van der Waals surface area contributed by atoms with E-state index in [1.807, 2.05) is 6.92 Å². The zero-order chi connectivity index (χ0) is 16.0. The number of nitrogens with one attached hydrogen (secondary N) is 1. The number of hydrogen-bond donors (Lipinski definition) is 1. The molecule has 1 unspecified atom stereocenters. The molecule has 8 heteroatoms. The summed E-state index contributed by atoms with van der Waals surface area (Å²) in [5.41, 5.74) is -0.250. The smallest absolute Gasteiger partial charge is 0.408 e. The second-order valence-electron chi connectivity index (χ2n) is 5.17. The Balaban J connectivity index is 2.87. The van der Waals surface area contributed by atoms with E-state index in [9.17, 15) is 9.59 Å². The van der Waals surface area contributed by atoms with E-state index in [4.69, 9.17) is 21.1 Å². The zero-order valence-electron chi connectivity index (χ0n) is 12.4. The van der Waals surface area contributed by atoms with Crippen molar-refractivity contribution in [3.63, 3.8) is 0 Å². The average molecular weight is 335 g/mol. The summed E-state index contributed by atoms with van der Waals surface area (Å²) in [5.74, 6) is -0.677. The Kier molecular flexibility index (Phi) is 6.42. The maximum atomic E-state index is 11.9. The summed E-state index contributed by atoms with van der Waals surface area (Å²) in [6.07, 6.45) is 0.0269. The molecule has 0 saturated heterocycles. The van der Waals surface area contributed by atoms with Crippen molar-refractivity contribution in [1.29, 1.82) is 0 Å². The molecule has 0 saturated carbocycles. The second kappa shape index (κ2) is 7.61. The molecule has 1 heterocycles. The molecule has 1 aromatic rings. The number of hydrogen-bond acceptors (Lipinski definition) is 6. The molecule has 118 valence electrons. The maximum absolute atomic E-state index is 11.9. The molecular weight excluding hydrogens is 316 g/mol. The first kappa shape index (κ1) is 17.7. The first-order chi connectivity index (χ1) is 9.76. The van der Waals surface area contributed by atoms with Gasteiger partial charge in [-0.3, -0.25) is 0 Å². The normalized spacial score (nSPS) is 12.6. The fourth-order valence-electron chi connectivity index (χ4n) is 1.44. The lowest BCUT2D eigenvalue weighted by Crippen LogP contribution is -2.38. The lowest BCUT2D eigenvalue weighted by molar-refractivity contribution is -0.144. The van der Waals surface area contributed by atoms with Crippen LogP contribution < -0.4 is 5.32 Å². The van der Waals surface area contributed by atoms with Crippen LogP contribution in [0.4, 0.5) is 4.79 Å². The monoisotopic (exact) mass is 334 g/mol. The summed E-state index contributed by atoms with van der Waals surface area (Å²) in [4.78, 5) is 28.0. The predicted molar refractivity (Wildman–Crippen MR) is 80.4 cm³/mol. The summed E-state index contributed by atoms with van der Waals surface area (Å²) in [6, 6.07) is -1.33. The fraction of sp³-hybridized carbons (Fsp3) is 0.615. The van der Waals surface area contributed by atoms with Gasteiger partial charge in [0.2, 0.25) is 0 Å². The van der Waals surface area contributed by atoms with Gasteiger partial charge in [-0.1, -0.05) is 18.5 Å². The van der Waals surface area contributed by atoms with Gasteiger partial charge < -0.3 is 14.8 Å². The number of aromatic nitrogens is 1. The van der Waals surface area contributed by atoms with Crippen LogP contribution in [0, 0.1) is 0 Å². The van der Waals surface area contributed by atoms with Crippen LogP contribution in [0.5, 0.6) is 0 Å². The van der Waals surface area contributed by atoms with E-state index in [2.05, 4.69) is 10.3 Å². The van der Waals surface area contributed by atoms with Gasteiger partial charge in [0.15, 0.2) is 12.1 Å². The number of carbonyl (C=O) groups is 2. The van der Waals surface area contributed by atoms with E-state index in [-0.39, 0.29) is 6.07 Å². The van der Waals surface area contributed by atoms with Crippen molar-refractivity contribution in [2.24, 2.45) is 0 Å². The van der Waals surface area contributed by atoms with Gasteiger partial charge in [-0.15, -0.1) is 11.3 Å². The number of ether oxygens (including phenoxy) is 2. The van der Waals surface area contributed by atoms with Crippen LogP contribution in [-0.4, -0.2) is 28.7 Å². The third-order valence-corrected chi connectivity index (χ3v) is 3.38. The number of thiazole rings is 1. The van der Waals surface area contributed by atoms with Crippen molar-refractivity contribution < 1.29 is 19.1 Å². The standard InChI is InChI=1S/C13H19ClN2O4S/c1-5-9-15-8(6-21-9)10(11(17)19-7-14)16-12(18)20-13(2,3)4/h6,10H,5,7H2,1-4H3,(H,16,18). The van der Waals surface area contributed by atoms with Crippen molar-refractivity contribution >= 4 is 35.0 Å². The molecule has 0 radical (unpaired) electrons. The van der Waals surface area contributed by atoms with Crippen LogP contribution >= 0.6 is 22.9 Å². The first-order valence-corrected chi connectivity index (χ1v) is 7.84. The Morgan fingerprint density at radius 3 is 2.62 bits per heavy atom. The molecule has 0 aliphatic heterocycles. The topological polar surface area (TPSA) is 77.5 Å². The summed E-state index contributed by atoms with van der Waals surface area (Å²) < 4.78 is 9.89. The van der Waals surface area contributed by atoms with Crippen molar-refractivity contribution in [3.8, 4) is 0 Å². The Morgan fingerprint density at radius 2 is 2.14 bits per heavy atom. The first-order valence-electron chi connectivity index (χ1n) is 6.43. The minimum Gasteiger partial charge on any atom is -0.448 e. The van der Waals surface area contributed by atoms with Crippen LogP contribution in [0.25, 0.3) is 0 Å². The molecule has 1 rings (SSSR count). The highest BCUT2D eigenvalue weighted by molar-refractivity contribution is 7.09. The highest BCUT2D eigenvalue weighted by Crippen LogP contribution is 2.20. The van der Waals surface area contributed by atoms with E-state index in [0.29, 0.717) is 5.69 Å². The third-order valence-electron chi connectivity index (χ3n) is 2.26. The fourth-order valence-corrected chi connectivity index (χ4v) is 2.31. The number of halogens is 1. The quantitative estimate of drug-likeness (QED) is 0.661. The number of aryl methyl sites for hydroxylation is 1. The van der Waals surface area contributed by atoms with Crippen molar-refractivity contribution in [2.45, 2.75) is 45.8 Å². The molecule has 0 aliphatic carbocycles. The maximum Gasteiger partial charge on any atom is 0.408 e. The predicted octanol–water partition coefficient (Wildman–Crippen LogP) is 3.01. The molecule has 1 N–H and O–H groups in total. The molecule has 6 nitrogen and oxygen atoms in total. The molecule has 0 bridgehead atoms. The summed E-state index contributed by atoms with van der Waals surface area (Å²) in [7, 11) is 0. The van der Waals surface area contributed by atoms with E-state index in [1.165, 1.54) is 11.3 Å². The van der Waals surface area contributed by atoms with Crippen molar-refractivity contribution in [3.05, 3.63) is 16.1 Å². The Hall–Kier alpha value is -1.34. The molecule has 1 atom stereocenters. The highest BCUT2D eigenvalue weighted by atomic mass is 35.5. The van der Waals surface area contributed by atoms with Crippen molar-refractivity contribution in [1.82, 2.24) is 10.3 Å². The van der Waals surface area contributed by atoms with Crippen LogP contribution in [0.1, 0.15) is 44.4 Å². The molecule has 1 amide bonds. The number of alkyl carbamates (subject to hydrolysis) is 1. The molecule has 0 spiro atoms. The van der Waals surface area contributed by atoms with E-state index in [1.54, 1.807) is 26.2 Å². The molecular formula is C13H19ClN2O4S. The van der Waals surface area contributed by atoms with E-state index >= 15 is 0 Å².